The van der Waals surface area contributed by atoms with Gasteiger partial charge in [0.25, 0.3) is 11.8 Å². The number of hydrogen-bond donors (Lipinski definition) is 0. The number of amides is 2. The van der Waals surface area contributed by atoms with Gasteiger partial charge in [0.1, 0.15) is 11.7 Å². The van der Waals surface area contributed by atoms with Gasteiger partial charge in [-0.15, -0.1) is 0 Å². The summed E-state index contributed by atoms with van der Waals surface area (Å²) in [7, 11) is 0. The number of hydrogen-bond acceptors (Lipinski definition) is 3. The Morgan fingerprint density at radius 3 is 2.20 bits per heavy atom. The molecule has 0 radical (unpaired) electrons. The van der Waals surface area contributed by atoms with Crippen molar-refractivity contribution in [1.82, 2.24) is 9.80 Å². The molecule has 0 aliphatic carbocycles. The molecule has 2 aromatic carbocycles. The van der Waals surface area contributed by atoms with Crippen LogP contribution in [0.25, 0.3) is 5.57 Å². The number of alkyl halides is 6. The number of fused-ring (bicyclic) bond motifs is 2. The number of dihydropyridines is 1. The van der Waals surface area contributed by atoms with Crippen molar-refractivity contribution in [3.8, 4) is 0 Å². The van der Waals surface area contributed by atoms with E-state index in [1.165, 1.54) is 16.0 Å². The molecule has 2 unspecified atom stereocenters. The van der Waals surface area contributed by atoms with Crippen LogP contribution in [-0.4, -0.2) is 47.0 Å². The lowest BCUT2D eigenvalue weighted by Gasteiger charge is -2.43. The normalized spacial score (nSPS) is 23.4. The third kappa shape index (κ3) is 5.67. The number of allylic oxidation sites excluding steroid dienone is 1. The van der Waals surface area contributed by atoms with Crippen molar-refractivity contribution in [2.45, 2.75) is 45.2 Å². The van der Waals surface area contributed by atoms with Gasteiger partial charge < -0.3 is 9.80 Å². The second kappa shape index (κ2) is 10.5. The number of carbonyl (C=O) groups is 2. The van der Waals surface area contributed by atoms with E-state index in [1.807, 2.05) is 38.1 Å². The highest BCUT2D eigenvalue weighted by molar-refractivity contribution is 6.09. The molecule has 1 saturated heterocycles. The summed E-state index contributed by atoms with van der Waals surface area (Å²) in [5.41, 5.74) is -0.918. The van der Waals surface area contributed by atoms with Gasteiger partial charge in [-0.05, 0) is 60.2 Å². The van der Waals surface area contributed by atoms with Crippen molar-refractivity contribution in [3.63, 3.8) is 0 Å². The lowest BCUT2D eigenvalue weighted by atomic mass is 9.79. The molecule has 0 aromatic heterocycles. The Labute approximate surface area is 232 Å². The van der Waals surface area contributed by atoms with Crippen molar-refractivity contribution in [2.75, 3.05) is 13.1 Å². The smallest absolute Gasteiger partial charge is 0.333 e. The maximum absolute atomic E-state index is 14.3. The molecule has 3 atom stereocenters. The molecule has 1 fully saturated rings. The highest BCUT2D eigenvalue weighted by Crippen LogP contribution is 2.42. The number of aryl methyl sites for hydroxylation is 1. The first-order valence-corrected chi connectivity index (χ1v) is 13.1. The Hall–Kier alpha value is -3.89. The Morgan fingerprint density at radius 2 is 1.59 bits per heavy atom. The highest BCUT2D eigenvalue weighted by Gasteiger charge is 2.46. The molecule has 5 rings (SSSR count). The van der Waals surface area contributed by atoms with Gasteiger partial charge in [0.05, 0.1) is 11.1 Å². The first-order chi connectivity index (χ1) is 19.2. The van der Waals surface area contributed by atoms with Crippen LogP contribution in [0.4, 0.5) is 26.3 Å². The lowest BCUT2D eigenvalue weighted by molar-refractivity contribution is -0.143. The molecule has 0 bridgehead atoms. The summed E-state index contributed by atoms with van der Waals surface area (Å²) in [6.07, 6.45) is -4.55. The van der Waals surface area contributed by atoms with Gasteiger partial charge >= 0.3 is 12.4 Å². The molecule has 41 heavy (non-hydrogen) atoms. The molecule has 11 heteroatoms. The van der Waals surface area contributed by atoms with Crippen LogP contribution in [0.3, 0.4) is 0 Å². The van der Waals surface area contributed by atoms with Crippen LogP contribution in [0.5, 0.6) is 0 Å². The number of aliphatic imine (C=N–C) groups is 1. The van der Waals surface area contributed by atoms with Crippen molar-refractivity contribution in [2.24, 2.45) is 16.8 Å². The van der Waals surface area contributed by atoms with Crippen LogP contribution < -0.4 is 0 Å². The predicted molar refractivity (Wildman–Crippen MR) is 140 cm³/mol. The third-order valence-corrected chi connectivity index (χ3v) is 7.62. The third-order valence-electron chi connectivity index (χ3n) is 7.62. The minimum atomic E-state index is -5.01. The predicted octanol–water partition coefficient (Wildman–Crippen LogP) is 6.28. The molecular weight excluding hydrogens is 548 g/mol. The van der Waals surface area contributed by atoms with Crippen LogP contribution >= 0.6 is 0 Å². The molecule has 0 saturated carbocycles. The van der Waals surface area contributed by atoms with Gasteiger partial charge in [0, 0.05) is 31.8 Å². The first-order valence-electron chi connectivity index (χ1n) is 13.1. The maximum atomic E-state index is 14.3. The molecular formula is C30H27F6N3O2. The van der Waals surface area contributed by atoms with E-state index in [0.29, 0.717) is 29.7 Å². The Bertz CT molecular complexity index is 1420. The van der Waals surface area contributed by atoms with E-state index in [4.69, 9.17) is 0 Å². The minimum absolute atomic E-state index is 0.0665. The summed E-state index contributed by atoms with van der Waals surface area (Å²) < 4.78 is 81.3. The van der Waals surface area contributed by atoms with Gasteiger partial charge in [-0.3, -0.25) is 14.6 Å². The SMILES string of the molecule is Cc1ccc(C2=C3C(=O)N(Cc4cc(C(F)(F)F)cc(C(F)(F)F)c4)C[C@H](C)CCN3C(=O)C3N=CC=CC23)cc1. The van der Waals surface area contributed by atoms with Gasteiger partial charge in [0.15, 0.2) is 0 Å². The number of rotatable bonds is 3. The van der Waals surface area contributed by atoms with Crippen LogP contribution in [0, 0.1) is 18.8 Å². The van der Waals surface area contributed by atoms with Crippen LogP contribution in [-0.2, 0) is 28.5 Å². The summed E-state index contributed by atoms with van der Waals surface area (Å²) in [5, 5.41) is 0. The van der Waals surface area contributed by atoms with E-state index in [9.17, 15) is 35.9 Å². The van der Waals surface area contributed by atoms with Crippen molar-refractivity contribution >= 4 is 23.6 Å². The van der Waals surface area contributed by atoms with Crippen molar-refractivity contribution < 1.29 is 35.9 Å². The van der Waals surface area contributed by atoms with E-state index in [-0.39, 0.29) is 42.2 Å². The Kier molecular flexibility index (Phi) is 7.33. The van der Waals surface area contributed by atoms with Gasteiger partial charge in [-0.2, -0.15) is 26.3 Å². The molecule has 3 aliphatic heterocycles. The second-order valence-electron chi connectivity index (χ2n) is 10.8. The largest absolute Gasteiger partial charge is 0.416 e. The second-order valence-corrected chi connectivity index (χ2v) is 10.8. The highest BCUT2D eigenvalue weighted by atomic mass is 19.4. The van der Waals surface area contributed by atoms with Gasteiger partial charge in [-0.25, -0.2) is 0 Å². The monoisotopic (exact) mass is 575 g/mol. The van der Waals surface area contributed by atoms with Gasteiger partial charge in [-0.1, -0.05) is 42.8 Å². The Morgan fingerprint density at radius 1 is 0.951 bits per heavy atom. The van der Waals surface area contributed by atoms with Crippen LogP contribution in [0.15, 0.2) is 65.3 Å². The van der Waals surface area contributed by atoms with E-state index < -0.39 is 47.9 Å². The fraction of sp³-hybridized carbons (Fsp3) is 0.367. The molecule has 5 nitrogen and oxygen atoms in total. The summed E-state index contributed by atoms with van der Waals surface area (Å²) in [6.45, 7) is 3.55. The van der Waals surface area contributed by atoms with E-state index in [1.54, 1.807) is 12.2 Å². The van der Waals surface area contributed by atoms with E-state index >= 15 is 0 Å². The van der Waals surface area contributed by atoms with E-state index in [0.717, 1.165) is 5.56 Å². The summed E-state index contributed by atoms with van der Waals surface area (Å²) in [5.74, 6) is -1.75. The molecule has 3 aliphatic rings. The minimum Gasteiger partial charge on any atom is -0.333 e. The zero-order valence-electron chi connectivity index (χ0n) is 22.3. The summed E-state index contributed by atoms with van der Waals surface area (Å²) in [4.78, 5) is 35.0. The fourth-order valence-electron chi connectivity index (χ4n) is 5.59. The standard InChI is InChI=1S/C30H27F6N3O2/c1-17-5-7-20(8-6-17)24-23-4-3-10-37-25(23)27(40)39-11-9-18(2)15-38(28(41)26(24)39)16-19-12-21(29(31,32)33)14-22(13-19)30(34,35)36/h3-8,10,12-14,18,23,25H,9,11,15-16H2,1-2H3/t18-,23?,25?/m1/s1. The van der Waals surface area contributed by atoms with Crippen molar-refractivity contribution in [3.05, 3.63) is 88.1 Å². The zero-order chi connectivity index (χ0) is 29.7. The van der Waals surface area contributed by atoms with Crippen LogP contribution in [0.2, 0.25) is 0 Å². The Balaban J connectivity index is 1.65. The molecule has 2 aromatic rings. The first kappa shape index (κ1) is 28.6. The summed E-state index contributed by atoms with van der Waals surface area (Å²) in [6, 6.07) is 7.95. The quantitative estimate of drug-likeness (QED) is 0.405. The number of carbonyl (C=O) groups excluding carboxylic acids is 2. The summed E-state index contributed by atoms with van der Waals surface area (Å²) >= 11 is 0. The molecule has 2 amide bonds. The number of benzene rings is 2. The number of nitrogens with zero attached hydrogens (tertiary/aromatic N) is 3. The zero-order valence-corrected chi connectivity index (χ0v) is 22.3. The average molecular weight is 576 g/mol. The fourth-order valence-corrected chi connectivity index (χ4v) is 5.59. The number of halogens is 6. The van der Waals surface area contributed by atoms with Crippen molar-refractivity contribution in [1.29, 1.82) is 0 Å². The van der Waals surface area contributed by atoms with Gasteiger partial charge in [0.2, 0.25) is 0 Å². The molecule has 0 N–H and O–H groups in total. The molecule has 3 heterocycles. The van der Waals surface area contributed by atoms with E-state index in [2.05, 4.69) is 4.99 Å². The average Bonchev–Trinajstić information content (AvgIpc) is 2.90. The topological polar surface area (TPSA) is 53.0 Å². The maximum Gasteiger partial charge on any atom is 0.416 e. The molecule has 216 valence electrons. The molecule has 0 spiro atoms. The van der Waals surface area contributed by atoms with Crippen LogP contribution in [0.1, 0.15) is 41.2 Å². The lowest BCUT2D eigenvalue weighted by Crippen LogP contribution is -2.53.